The van der Waals surface area contributed by atoms with E-state index in [1.54, 1.807) is 26.5 Å². The van der Waals surface area contributed by atoms with Crippen molar-refractivity contribution in [3.8, 4) is 11.5 Å². The summed E-state index contributed by atoms with van der Waals surface area (Å²) >= 11 is 0. The molecule has 0 unspecified atom stereocenters. The quantitative estimate of drug-likeness (QED) is 0.684. The van der Waals surface area contributed by atoms with Crippen molar-refractivity contribution in [3.63, 3.8) is 0 Å². The van der Waals surface area contributed by atoms with Gasteiger partial charge < -0.3 is 19.8 Å². The summed E-state index contributed by atoms with van der Waals surface area (Å²) < 4.78 is 10.5. The second kappa shape index (κ2) is 6.44. The number of carbonyl (C=O) groups excluding carboxylic acids is 1. The number of hydrogen-bond acceptors (Lipinski definition) is 4. The molecule has 118 valence electrons. The molecule has 0 radical (unpaired) electrons. The number of para-hydroxylation sites is 1. The van der Waals surface area contributed by atoms with Crippen LogP contribution < -0.4 is 14.8 Å². The number of ether oxygens (including phenoxy) is 2. The number of ketones is 1. The minimum Gasteiger partial charge on any atom is -0.497 e. The van der Waals surface area contributed by atoms with Gasteiger partial charge in [-0.1, -0.05) is 18.2 Å². The highest BCUT2D eigenvalue weighted by molar-refractivity contribution is 6.09. The lowest BCUT2D eigenvalue weighted by Crippen LogP contribution is -2.14. The molecule has 5 nitrogen and oxygen atoms in total. The van der Waals surface area contributed by atoms with Crippen molar-refractivity contribution in [2.45, 2.75) is 0 Å². The van der Waals surface area contributed by atoms with Crippen LogP contribution in [-0.4, -0.2) is 31.5 Å². The second-order valence-corrected chi connectivity index (χ2v) is 5.09. The van der Waals surface area contributed by atoms with Crippen LogP contribution >= 0.6 is 0 Å². The molecule has 0 bridgehead atoms. The molecule has 2 N–H and O–H groups in total. The number of methoxy groups -OCH3 is 2. The van der Waals surface area contributed by atoms with Crippen molar-refractivity contribution < 1.29 is 14.3 Å². The van der Waals surface area contributed by atoms with Crippen LogP contribution in [0.15, 0.2) is 48.7 Å². The number of benzene rings is 2. The smallest absolute Gasteiger partial charge is 0.184 e. The molecule has 0 saturated carbocycles. The molecule has 3 rings (SSSR count). The number of hydrogen-bond donors (Lipinski definition) is 2. The van der Waals surface area contributed by atoms with E-state index in [0.717, 1.165) is 16.6 Å². The zero-order valence-corrected chi connectivity index (χ0v) is 13.1. The zero-order valence-electron chi connectivity index (χ0n) is 13.1. The van der Waals surface area contributed by atoms with E-state index in [0.29, 0.717) is 17.1 Å². The maximum atomic E-state index is 12.5. The largest absolute Gasteiger partial charge is 0.497 e. The summed E-state index contributed by atoms with van der Waals surface area (Å²) in [7, 11) is 3.18. The van der Waals surface area contributed by atoms with Gasteiger partial charge in [-0.2, -0.15) is 0 Å². The van der Waals surface area contributed by atoms with Crippen LogP contribution in [0.2, 0.25) is 0 Å². The van der Waals surface area contributed by atoms with E-state index in [1.807, 2.05) is 36.4 Å². The van der Waals surface area contributed by atoms with Crippen molar-refractivity contribution in [3.05, 3.63) is 54.2 Å². The third-order valence-corrected chi connectivity index (χ3v) is 3.74. The van der Waals surface area contributed by atoms with Gasteiger partial charge in [0.1, 0.15) is 11.5 Å². The monoisotopic (exact) mass is 310 g/mol. The van der Waals surface area contributed by atoms with Crippen LogP contribution in [0.1, 0.15) is 10.4 Å². The highest BCUT2D eigenvalue weighted by Crippen LogP contribution is 2.29. The molecule has 0 aliphatic carbocycles. The maximum absolute atomic E-state index is 12.5. The van der Waals surface area contributed by atoms with E-state index in [4.69, 9.17) is 9.47 Å². The number of aromatic nitrogens is 1. The van der Waals surface area contributed by atoms with Gasteiger partial charge in [0, 0.05) is 28.7 Å². The predicted octanol–water partition coefficient (Wildman–Crippen LogP) is 3.48. The minimum absolute atomic E-state index is 0.0142. The summed E-state index contributed by atoms with van der Waals surface area (Å²) in [4.78, 5) is 15.6. The highest BCUT2D eigenvalue weighted by Gasteiger charge is 2.12. The zero-order chi connectivity index (χ0) is 16.2. The fourth-order valence-electron chi connectivity index (χ4n) is 2.52. The maximum Gasteiger partial charge on any atom is 0.184 e. The number of anilines is 1. The number of fused-ring (bicyclic) bond motifs is 1. The predicted molar refractivity (Wildman–Crippen MR) is 90.7 cm³/mol. The highest BCUT2D eigenvalue weighted by atomic mass is 16.5. The third kappa shape index (κ3) is 2.99. The topological polar surface area (TPSA) is 63.3 Å². The van der Waals surface area contributed by atoms with E-state index >= 15 is 0 Å². The van der Waals surface area contributed by atoms with Crippen LogP contribution in [0, 0.1) is 0 Å². The van der Waals surface area contributed by atoms with Crippen molar-refractivity contribution in [2.75, 3.05) is 26.1 Å². The average molecular weight is 310 g/mol. The van der Waals surface area contributed by atoms with Crippen molar-refractivity contribution >= 4 is 22.4 Å². The number of H-pyrrole nitrogens is 1. The number of carbonyl (C=O) groups is 1. The van der Waals surface area contributed by atoms with Gasteiger partial charge in [-0.15, -0.1) is 0 Å². The van der Waals surface area contributed by atoms with Crippen LogP contribution in [0.4, 0.5) is 5.69 Å². The fraction of sp³-hybridized carbons (Fsp3) is 0.167. The summed E-state index contributed by atoms with van der Waals surface area (Å²) in [6.07, 6.45) is 1.75. The number of Topliss-reactive ketones (excluding diaryl/α,β-unsaturated/α-hetero) is 1. The molecule has 0 saturated heterocycles. The molecule has 1 heterocycles. The van der Waals surface area contributed by atoms with E-state index in [-0.39, 0.29) is 12.3 Å². The Morgan fingerprint density at radius 2 is 1.96 bits per heavy atom. The van der Waals surface area contributed by atoms with Crippen LogP contribution in [0.3, 0.4) is 0 Å². The van der Waals surface area contributed by atoms with Crippen molar-refractivity contribution in [1.82, 2.24) is 4.98 Å². The minimum atomic E-state index is 0.0142. The number of aromatic amines is 1. The third-order valence-electron chi connectivity index (χ3n) is 3.74. The molecule has 0 aliphatic heterocycles. The Morgan fingerprint density at radius 3 is 2.74 bits per heavy atom. The fourth-order valence-corrected chi connectivity index (χ4v) is 2.52. The first kappa shape index (κ1) is 15.0. The SMILES string of the molecule is COc1ccc(NCC(=O)c2c[nH]c3ccccc23)c(OC)c1. The summed E-state index contributed by atoms with van der Waals surface area (Å²) in [6.45, 7) is 0.185. The first-order valence-corrected chi connectivity index (χ1v) is 7.28. The van der Waals surface area contributed by atoms with E-state index in [9.17, 15) is 4.79 Å². The van der Waals surface area contributed by atoms with Gasteiger partial charge in [0.15, 0.2) is 5.78 Å². The van der Waals surface area contributed by atoms with E-state index in [2.05, 4.69) is 10.3 Å². The molecule has 0 amide bonds. The van der Waals surface area contributed by atoms with E-state index < -0.39 is 0 Å². The van der Waals surface area contributed by atoms with Crippen LogP contribution in [-0.2, 0) is 0 Å². The van der Waals surface area contributed by atoms with Gasteiger partial charge in [-0.3, -0.25) is 4.79 Å². The Bertz CT molecular complexity index is 839. The lowest BCUT2D eigenvalue weighted by molar-refractivity contribution is 0.101. The van der Waals surface area contributed by atoms with Gasteiger partial charge >= 0.3 is 0 Å². The number of nitrogens with one attached hydrogen (secondary N) is 2. The van der Waals surface area contributed by atoms with Gasteiger partial charge in [-0.25, -0.2) is 0 Å². The lowest BCUT2D eigenvalue weighted by atomic mass is 10.1. The molecule has 5 heteroatoms. The summed E-state index contributed by atoms with van der Waals surface area (Å²) in [6, 6.07) is 13.2. The number of rotatable bonds is 6. The summed E-state index contributed by atoms with van der Waals surface area (Å²) in [5.41, 5.74) is 2.39. The molecule has 0 spiro atoms. The Morgan fingerprint density at radius 1 is 1.13 bits per heavy atom. The van der Waals surface area contributed by atoms with Gasteiger partial charge in [0.05, 0.1) is 26.5 Å². The molecule has 0 aliphatic rings. The first-order chi connectivity index (χ1) is 11.2. The van der Waals surface area contributed by atoms with E-state index in [1.165, 1.54) is 0 Å². The van der Waals surface area contributed by atoms with Crippen LogP contribution in [0.25, 0.3) is 10.9 Å². The van der Waals surface area contributed by atoms with Crippen LogP contribution in [0.5, 0.6) is 11.5 Å². The normalized spacial score (nSPS) is 10.5. The second-order valence-electron chi connectivity index (χ2n) is 5.09. The molecule has 1 aromatic heterocycles. The first-order valence-electron chi connectivity index (χ1n) is 7.28. The van der Waals surface area contributed by atoms with Gasteiger partial charge in [0.2, 0.25) is 0 Å². The van der Waals surface area contributed by atoms with Crippen molar-refractivity contribution in [2.24, 2.45) is 0 Å². The van der Waals surface area contributed by atoms with Gasteiger partial charge in [0.25, 0.3) is 0 Å². The lowest BCUT2D eigenvalue weighted by Gasteiger charge is -2.12. The molecular formula is C18H18N2O3. The standard InChI is InChI=1S/C18H18N2O3/c1-22-12-7-8-16(18(9-12)23-2)20-11-17(21)14-10-19-15-6-4-3-5-13(14)15/h3-10,19-20H,11H2,1-2H3. The molecular weight excluding hydrogens is 292 g/mol. The van der Waals surface area contributed by atoms with Crippen molar-refractivity contribution in [1.29, 1.82) is 0 Å². The Kier molecular flexibility index (Phi) is 4.19. The molecule has 0 fully saturated rings. The Labute approximate surface area is 134 Å². The average Bonchev–Trinajstić information content (AvgIpc) is 3.03. The molecule has 0 atom stereocenters. The summed E-state index contributed by atoms with van der Waals surface area (Å²) in [5, 5.41) is 4.06. The molecule has 2 aromatic carbocycles. The van der Waals surface area contributed by atoms with Gasteiger partial charge in [-0.05, 0) is 18.2 Å². The molecule has 23 heavy (non-hydrogen) atoms. The Hall–Kier alpha value is -2.95. The molecule has 3 aromatic rings. The summed E-state index contributed by atoms with van der Waals surface area (Å²) in [5.74, 6) is 1.35. The Balaban J connectivity index is 1.77.